The van der Waals surface area contributed by atoms with E-state index in [0.717, 1.165) is 16.7 Å². The quantitative estimate of drug-likeness (QED) is 0.796. The molecule has 5 nitrogen and oxygen atoms in total. The summed E-state index contributed by atoms with van der Waals surface area (Å²) in [7, 11) is 4.59. The van der Waals surface area contributed by atoms with Gasteiger partial charge in [-0.3, -0.25) is 0 Å². The lowest BCUT2D eigenvalue weighted by molar-refractivity contribution is -0.140. The van der Waals surface area contributed by atoms with Crippen LogP contribution in [0.25, 0.3) is 17.2 Å². The standard InChI is InChI=1S/C22H21FO5/c1-12-16(9-13-10-17(26-2)21(28-4)18(11-13)27-3)14-7-5-6-8-15(14)19(12)20(23)22(24)25/h5-11,20H,1-4H3,(H,24,25)/b16-9-/t20-/m0/s1. The van der Waals surface area contributed by atoms with Crippen LogP contribution in [0.2, 0.25) is 0 Å². The number of ether oxygens (including phenoxy) is 3. The molecule has 0 heterocycles. The Hall–Kier alpha value is -3.28. The minimum atomic E-state index is -2.09. The number of alkyl halides is 1. The topological polar surface area (TPSA) is 65.0 Å². The fourth-order valence-electron chi connectivity index (χ4n) is 3.49. The summed E-state index contributed by atoms with van der Waals surface area (Å²) in [4.78, 5) is 11.3. The third-order valence-corrected chi connectivity index (χ3v) is 4.78. The predicted molar refractivity (Wildman–Crippen MR) is 106 cm³/mol. The minimum absolute atomic E-state index is 0.182. The van der Waals surface area contributed by atoms with E-state index < -0.39 is 12.1 Å². The maximum Gasteiger partial charge on any atom is 0.343 e. The number of aliphatic carboxylic acids is 1. The molecule has 2 aromatic rings. The first-order chi connectivity index (χ1) is 13.4. The molecular weight excluding hydrogens is 363 g/mol. The van der Waals surface area contributed by atoms with Gasteiger partial charge >= 0.3 is 5.97 Å². The maximum atomic E-state index is 14.5. The fraction of sp³-hybridized carbons (Fsp3) is 0.227. The molecule has 0 saturated heterocycles. The van der Waals surface area contributed by atoms with Crippen molar-refractivity contribution in [1.82, 2.24) is 0 Å². The summed E-state index contributed by atoms with van der Waals surface area (Å²) in [5.41, 5.74) is 3.65. The van der Waals surface area contributed by atoms with Crippen molar-refractivity contribution >= 4 is 23.2 Å². The summed E-state index contributed by atoms with van der Waals surface area (Å²) in [6.45, 7) is 1.73. The van der Waals surface area contributed by atoms with E-state index in [4.69, 9.17) is 14.2 Å². The molecule has 1 N–H and O–H groups in total. The lowest BCUT2D eigenvalue weighted by atomic mass is 10.0. The monoisotopic (exact) mass is 384 g/mol. The van der Waals surface area contributed by atoms with Gasteiger partial charge in [-0.05, 0) is 53.0 Å². The minimum Gasteiger partial charge on any atom is -0.493 e. The molecule has 0 spiro atoms. The number of rotatable bonds is 6. The van der Waals surface area contributed by atoms with E-state index in [1.807, 2.05) is 18.2 Å². The molecule has 0 saturated carbocycles. The van der Waals surface area contributed by atoms with Gasteiger partial charge in [0.05, 0.1) is 21.3 Å². The molecule has 2 aromatic carbocycles. The van der Waals surface area contributed by atoms with Gasteiger partial charge in [0.1, 0.15) is 0 Å². The largest absolute Gasteiger partial charge is 0.493 e. The normalized spacial score (nSPS) is 15.4. The molecule has 146 valence electrons. The summed E-state index contributed by atoms with van der Waals surface area (Å²) in [5, 5.41) is 9.18. The van der Waals surface area contributed by atoms with Crippen LogP contribution in [0.3, 0.4) is 0 Å². The van der Waals surface area contributed by atoms with Crippen LogP contribution >= 0.6 is 0 Å². The first-order valence-corrected chi connectivity index (χ1v) is 8.62. The number of halogens is 1. The molecule has 0 radical (unpaired) electrons. The Balaban J connectivity index is 2.20. The van der Waals surface area contributed by atoms with Crippen LogP contribution in [0.1, 0.15) is 23.6 Å². The molecule has 3 rings (SSSR count). The van der Waals surface area contributed by atoms with Gasteiger partial charge in [-0.2, -0.15) is 0 Å². The molecule has 0 unspecified atom stereocenters. The molecule has 0 aromatic heterocycles. The number of benzene rings is 2. The molecule has 1 aliphatic rings. The third kappa shape index (κ3) is 3.22. The average molecular weight is 384 g/mol. The fourth-order valence-corrected chi connectivity index (χ4v) is 3.49. The molecule has 0 bridgehead atoms. The number of hydrogen-bond acceptors (Lipinski definition) is 4. The highest BCUT2D eigenvalue weighted by Gasteiger charge is 2.32. The van der Waals surface area contributed by atoms with Crippen LogP contribution in [-0.2, 0) is 4.79 Å². The molecule has 0 aliphatic heterocycles. The zero-order chi connectivity index (χ0) is 20.4. The number of hydrogen-bond donors (Lipinski definition) is 1. The molecule has 1 atom stereocenters. The van der Waals surface area contributed by atoms with Gasteiger partial charge in [0.15, 0.2) is 11.5 Å². The lowest BCUT2D eigenvalue weighted by Crippen LogP contribution is -2.16. The van der Waals surface area contributed by atoms with Gasteiger partial charge in [-0.15, -0.1) is 0 Å². The van der Waals surface area contributed by atoms with E-state index in [1.54, 1.807) is 31.2 Å². The van der Waals surface area contributed by atoms with Crippen LogP contribution in [-0.4, -0.2) is 38.6 Å². The van der Waals surface area contributed by atoms with Crippen molar-refractivity contribution in [2.45, 2.75) is 13.1 Å². The number of carboxylic acid groups (broad SMARTS) is 1. The number of carboxylic acids is 1. The van der Waals surface area contributed by atoms with Crippen LogP contribution in [0.5, 0.6) is 17.2 Å². The third-order valence-electron chi connectivity index (χ3n) is 4.78. The van der Waals surface area contributed by atoms with E-state index in [9.17, 15) is 14.3 Å². The molecule has 0 amide bonds. The van der Waals surface area contributed by atoms with Crippen LogP contribution in [0.4, 0.5) is 4.39 Å². The van der Waals surface area contributed by atoms with Crippen LogP contribution in [0, 0.1) is 0 Å². The first-order valence-electron chi connectivity index (χ1n) is 8.62. The second-order valence-electron chi connectivity index (χ2n) is 6.30. The lowest BCUT2D eigenvalue weighted by Gasteiger charge is -2.13. The summed E-state index contributed by atoms with van der Waals surface area (Å²) in [6.07, 6.45) is -0.229. The Labute approximate surface area is 162 Å². The highest BCUT2D eigenvalue weighted by molar-refractivity contribution is 6.09. The summed E-state index contributed by atoms with van der Waals surface area (Å²) >= 11 is 0. The summed E-state index contributed by atoms with van der Waals surface area (Å²) in [5.74, 6) is -0.0358. The zero-order valence-corrected chi connectivity index (χ0v) is 16.1. The van der Waals surface area contributed by atoms with E-state index in [0.29, 0.717) is 28.4 Å². The SMILES string of the molecule is COc1cc(/C=C2/C(C)=C([C@H](F)C(=O)O)c3ccccc32)cc(OC)c1OC. The first kappa shape index (κ1) is 19.5. The smallest absolute Gasteiger partial charge is 0.343 e. The van der Waals surface area contributed by atoms with Gasteiger partial charge in [-0.1, -0.05) is 24.3 Å². The Kier molecular flexibility index (Phi) is 5.40. The summed E-state index contributed by atoms with van der Waals surface area (Å²) < 4.78 is 30.6. The van der Waals surface area contributed by atoms with E-state index in [1.165, 1.54) is 21.3 Å². The number of allylic oxidation sites excluding steroid dienone is 2. The van der Waals surface area contributed by atoms with Crippen molar-refractivity contribution in [3.8, 4) is 17.2 Å². The van der Waals surface area contributed by atoms with Crippen molar-refractivity contribution < 1.29 is 28.5 Å². The van der Waals surface area contributed by atoms with Gasteiger partial charge in [0, 0.05) is 5.57 Å². The van der Waals surface area contributed by atoms with Crippen molar-refractivity contribution in [1.29, 1.82) is 0 Å². The second kappa shape index (κ2) is 7.76. The molecule has 6 heteroatoms. The Bertz CT molecular complexity index is 965. The average Bonchev–Trinajstić information content (AvgIpc) is 2.98. The predicted octanol–water partition coefficient (Wildman–Crippen LogP) is 4.46. The van der Waals surface area contributed by atoms with Crippen molar-refractivity contribution in [3.05, 3.63) is 58.7 Å². The highest BCUT2D eigenvalue weighted by Crippen LogP contribution is 2.45. The van der Waals surface area contributed by atoms with Gasteiger partial charge in [-0.25, -0.2) is 9.18 Å². The number of carbonyl (C=O) groups is 1. The second-order valence-corrected chi connectivity index (χ2v) is 6.30. The Morgan fingerprint density at radius 1 is 1.04 bits per heavy atom. The number of fused-ring (bicyclic) bond motifs is 1. The maximum absolute atomic E-state index is 14.5. The zero-order valence-electron chi connectivity index (χ0n) is 16.1. The molecular formula is C22H21FO5. The van der Waals surface area contributed by atoms with Gasteiger partial charge in [0.25, 0.3) is 0 Å². The number of methoxy groups -OCH3 is 3. The summed E-state index contributed by atoms with van der Waals surface area (Å²) in [6, 6.07) is 10.8. The van der Waals surface area contributed by atoms with Crippen molar-refractivity contribution in [2.24, 2.45) is 0 Å². The molecule has 28 heavy (non-hydrogen) atoms. The van der Waals surface area contributed by atoms with Gasteiger partial charge in [0.2, 0.25) is 11.9 Å². The Morgan fingerprint density at radius 3 is 2.11 bits per heavy atom. The van der Waals surface area contributed by atoms with E-state index in [-0.39, 0.29) is 5.57 Å². The van der Waals surface area contributed by atoms with Crippen LogP contribution < -0.4 is 14.2 Å². The van der Waals surface area contributed by atoms with Crippen LogP contribution in [0.15, 0.2) is 42.0 Å². The van der Waals surface area contributed by atoms with Crippen molar-refractivity contribution in [2.75, 3.05) is 21.3 Å². The van der Waals surface area contributed by atoms with E-state index >= 15 is 0 Å². The highest BCUT2D eigenvalue weighted by atomic mass is 19.1. The van der Waals surface area contributed by atoms with E-state index in [2.05, 4.69) is 0 Å². The van der Waals surface area contributed by atoms with Crippen molar-refractivity contribution in [3.63, 3.8) is 0 Å². The molecule has 1 aliphatic carbocycles. The molecule has 0 fully saturated rings. The Morgan fingerprint density at radius 2 is 1.61 bits per heavy atom. The van der Waals surface area contributed by atoms with Gasteiger partial charge < -0.3 is 19.3 Å².